The van der Waals surface area contributed by atoms with Crippen LogP contribution < -0.4 is 16.1 Å². The molecule has 2 aromatic rings. The summed E-state index contributed by atoms with van der Waals surface area (Å²) < 4.78 is 0. The summed E-state index contributed by atoms with van der Waals surface area (Å²) in [6.45, 7) is 3.95. The number of hydrogen-bond acceptors (Lipinski definition) is 2. The predicted molar refractivity (Wildman–Crippen MR) is 116 cm³/mol. The van der Waals surface area contributed by atoms with Gasteiger partial charge in [-0.1, -0.05) is 35.3 Å². The Kier molecular flexibility index (Phi) is 6.84. The monoisotopic (exact) mass is 412 g/mol. The highest BCUT2D eigenvalue weighted by atomic mass is 35.5. The maximum absolute atomic E-state index is 6.21. The van der Waals surface area contributed by atoms with Crippen LogP contribution in [0.2, 0.25) is 10.0 Å². The number of aryl methyl sites for hydroxylation is 2. The fraction of sp³-hybridized carbons (Fsp3) is 0.176. The van der Waals surface area contributed by atoms with Gasteiger partial charge in [-0.25, -0.2) is 0 Å². The average Bonchev–Trinajstić information content (AvgIpc) is 2.52. The van der Waals surface area contributed by atoms with E-state index in [1.165, 1.54) is 0 Å². The van der Waals surface area contributed by atoms with Crippen molar-refractivity contribution in [1.29, 1.82) is 0 Å². The largest absolute Gasteiger partial charge is 0.330 e. The number of thiocarbonyl (C=S) groups is 2. The number of rotatable bonds is 2. The van der Waals surface area contributed by atoms with Crippen molar-refractivity contribution in [2.24, 2.45) is 0 Å². The molecule has 0 aliphatic heterocycles. The van der Waals surface area contributed by atoms with Crippen LogP contribution in [0, 0.1) is 13.8 Å². The summed E-state index contributed by atoms with van der Waals surface area (Å²) in [6.07, 6.45) is 0. The zero-order valence-electron chi connectivity index (χ0n) is 14.0. The van der Waals surface area contributed by atoms with Crippen molar-refractivity contribution >= 4 is 69.2 Å². The van der Waals surface area contributed by atoms with Crippen LogP contribution in [0.5, 0.6) is 0 Å². The fourth-order valence-electron chi connectivity index (χ4n) is 2.00. The topological polar surface area (TPSA) is 39.3 Å². The van der Waals surface area contributed by atoms with Crippen molar-refractivity contribution in [2.75, 3.05) is 17.7 Å². The summed E-state index contributed by atoms with van der Waals surface area (Å²) in [5, 5.41) is 9.69. The summed E-state index contributed by atoms with van der Waals surface area (Å²) in [4.78, 5) is 0. The van der Waals surface area contributed by atoms with Gasteiger partial charge in [-0.15, -0.1) is 0 Å². The third kappa shape index (κ3) is 5.71. The van der Waals surface area contributed by atoms with Crippen LogP contribution in [-0.4, -0.2) is 22.3 Å². The molecule has 0 unspecified atom stereocenters. The lowest BCUT2D eigenvalue weighted by molar-refractivity contribution is 0.467. The molecule has 0 bridgehead atoms. The van der Waals surface area contributed by atoms with E-state index in [9.17, 15) is 0 Å². The molecule has 0 amide bonds. The van der Waals surface area contributed by atoms with Gasteiger partial charge in [-0.05, 0) is 73.7 Å². The van der Waals surface area contributed by atoms with Gasteiger partial charge in [-0.2, -0.15) is 0 Å². The van der Waals surface area contributed by atoms with E-state index >= 15 is 0 Å². The molecule has 25 heavy (non-hydrogen) atoms. The Morgan fingerprint density at radius 3 is 1.84 bits per heavy atom. The molecule has 2 aromatic carbocycles. The van der Waals surface area contributed by atoms with Gasteiger partial charge in [0.05, 0.1) is 21.4 Å². The number of halogens is 2. The maximum Gasteiger partial charge on any atom is 0.192 e. The van der Waals surface area contributed by atoms with Crippen LogP contribution in [0.4, 0.5) is 11.4 Å². The highest BCUT2D eigenvalue weighted by Gasteiger charge is 2.10. The number of anilines is 2. The van der Waals surface area contributed by atoms with Crippen molar-refractivity contribution in [1.82, 2.24) is 10.4 Å². The Balaban J connectivity index is 1.94. The van der Waals surface area contributed by atoms with Gasteiger partial charge in [0.1, 0.15) is 0 Å². The van der Waals surface area contributed by atoms with Crippen LogP contribution in [0.25, 0.3) is 0 Å². The zero-order valence-corrected chi connectivity index (χ0v) is 17.1. The van der Waals surface area contributed by atoms with E-state index in [2.05, 4.69) is 16.1 Å². The van der Waals surface area contributed by atoms with E-state index in [1.54, 1.807) is 12.1 Å². The lowest BCUT2D eigenvalue weighted by atomic mass is 10.2. The number of benzene rings is 2. The van der Waals surface area contributed by atoms with Gasteiger partial charge < -0.3 is 10.6 Å². The van der Waals surface area contributed by atoms with Crippen LogP contribution in [0.15, 0.2) is 36.4 Å². The van der Waals surface area contributed by atoms with Crippen LogP contribution >= 0.6 is 47.6 Å². The van der Waals surface area contributed by atoms with Gasteiger partial charge >= 0.3 is 0 Å². The van der Waals surface area contributed by atoms with E-state index in [4.69, 9.17) is 47.6 Å². The normalized spacial score (nSPS) is 10.1. The van der Waals surface area contributed by atoms with Crippen molar-refractivity contribution in [2.45, 2.75) is 13.8 Å². The third-order valence-electron chi connectivity index (χ3n) is 3.31. The lowest BCUT2D eigenvalue weighted by Gasteiger charge is -2.24. The minimum Gasteiger partial charge on any atom is -0.330 e. The van der Waals surface area contributed by atoms with Gasteiger partial charge in [0, 0.05) is 7.05 Å². The van der Waals surface area contributed by atoms with Crippen LogP contribution in [-0.2, 0) is 0 Å². The molecule has 0 aliphatic rings. The molecule has 0 heterocycles. The van der Waals surface area contributed by atoms with E-state index < -0.39 is 0 Å². The molecule has 0 radical (unpaired) electrons. The molecule has 2 rings (SSSR count). The molecule has 0 saturated carbocycles. The molecule has 132 valence electrons. The Morgan fingerprint density at radius 2 is 1.36 bits per heavy atom. The summed E-state index contributed by atoms with van der Waals surface area (Å²) in [5.74, 6) is 0. The van der Waals surface area contributed by atoms with Gasteiger partial charge in [0.15, 0.2) is 10.2 Å². The quantitative estimate of drug-likeness (QED) is 0.468. The Bertz CT molecular complexity index is 811. The highest BCUT2D eigenvalue weighted by molar-refractivity contribution is 7.81. The first kappa shape index (κ1) is 19.7. The molecular weight excluding hydrogens is 395 g/mol. The molecule has 4 nitrogen and oxygen atoms in total. The second-order valence-electron chi connectivity index (χ2n) is 5.52. The number of hydrogen-bond donors (Lipinski definition) is 3. The predicted octanol–water partition coefficient (Wildman–Crippen LogP) is 5.14. The number of hydrazine groups is 1. The first-order chi connectivity index (χ1) is 11.8. The molecule has 0 aromatic heterocycles. The second kappa shape index (κ2) is 8.67. The maximum atomic E-state index is 6.21. The molecule has 0 atom stereocenters. The molecular formula is C17H18Cl2N4S2. The Morgan fingerprint density at radius 1 is 0.880 bits per heavy atom. The summed E-state index contributed by atoms with van der Waals surface area (Å²) in [5.41, 5.74) is 6.57. The summed E-state index contributed by atoms with van der Waals surface area (Å²) in [7, 11) is 1.75. The molecule has 0 fully saturated rings. The Labute approximate surface area is 168 Å². The minimum atomic E-state index is 0.368. The van der Waals surface area contributed by atoms with Crippen molar-refractivity contribution in [3.63, 3.8) is 0 Å². The van der Waals surface area contributed by atoms with Gasteiger partial charge in [0.25, 0.3) is 0 Å². The van der Waals surface area contributed by atoms with Crippen LogP contribution in [0.3, 0.4) is 0 Å². The van der Waals surface area contributed by atoms with Crippen molar-refractivity contribution in [3.8, 4) is 0 Å². The molecule has 8 heteroatoms. The van der Waals surface area contributed by atoms with Gasteiger partial charge in [-0.3, -0.25) is 10.4 Å². The molecule has 0 saturated heterocycles. The van der Waals surface area contributed by atoms with Crippen molar-refractivity contribution < 1.29 is 0 Å². The Hall–Kier alpha value is -1.60. The SMILES string of the molecule is Cc1ccc(NC(=S)NN(C)C(=S)Nc2ccc(C)cc2Cl)c(Cl)c1. The first-order valence-corrected chi connectivity index (χ1v) is 8.98. The van der Waals surface area contributed by atoms with E-state index in [0.29, 0.717) is 20.3 Å². The number of nitrogens with one attached hydrogen (secondary N) is 3. The minimum absolute atomic E-state index is 0.368. The average molecular weight is 413 g/mol. The highest BCUT2D eigenvalue weighted by Crippen LogP contribution is 2.23. The second-order valence-corrected chi connectivity index (χ2v) is 7.13. The number of nitrogens with zero attached hydrogens (tertiary/aromatic N) is 1. The van der Waals surface area contributed by atoms with Crippen molar-refractivity contribution in [3.05, 3.63) is 57.6 Å². The zero-order chi connectivity index (χ0) is 18.6. The third-order valence-corrected chi connectivity index (χ3v) is 4.51. The molecule has 0 spiro atoms. The summed E-state index contributed by atoms with van der Waals surface area (Å²) in [6, 6.07) is 11.4. The van der Waals surface area contributed by atoms with E-state index in [1.807, 2.05) is 50.2 Å². The molecule has 0 aliphatic carbocycles. The summed E-state index contributed by atoms with van der Waals surface area (Å²) >= 11 is 23.1. The first-order valence-electron chi connectivity index (χ1n) is 7.41. The molecule has 3 N–H and O–H groups in total. The van der Waals surface area contributed by atoms with E-state index in [0.717, 1.165) is 22.5 Å². The smallest absolute Gasteiger partial charge is 0.192 e. The van der Waals surface area contributed by atoms with Gasteiger partial charge in [0.2, 0.25) is 0 Å². The fourth-order valence-corrected chi connectivity index (χ4v) is 2.96. The van der Waals surface area contributed by atoms with Crippen LogP contribution in [0.1, 0.15) is 11.1 Å². The van der Waals surface area contributed by atoms with E-state index in [-0.39, 0.29) is 0 Å². The standard InChI is InChI=1S/C17H18Cl2N4S2/c1-10-4-6-14(12(18)8-10)20-16(24)22-23(3)17(25)21-15-7-5-11(2)9-13(15)19/h4-9H,1-3H3,(H,21,25)(H2,20,22,24). The lowest BCUT2D eigenvalue weighted by Crippen LogP contribution is -2.47.